The molecule has 2 aliphatic heterocycles. The van der Waals surface area contributed by atoms with Gasteiger partial charge in [0.1, 0.15) is 13.2 Å². The van der Waals surface area contributed by atoms with Gasteiger partial charge in [0, 0.05) is 11.1 Å². The Morgan fingerprint density at radius 1 is 0.447 bits per heavy atom. The zero-order valence-corrected chi connectivity index (χ0v) is 21.5. The van der Waals surface area contributed by atoms with E-state index in [1.807, 2.05) is 10.1 Å². The van der Waals surface area contributed by atoms with Crippen LogP contribution in [0.2, 0.25) is 0 Å². The zero-order chi connectivity index (χ0) is 25.6. The molecule has 2 heterocycles. The van der Waals surface area contributed by atoms with Crippen molar-refractivity contribution in [1.29, 1.82) is 0 Å². The van der Waals surface area contributed by atoms with Crippen molar-refractivity contribution in [3.8, 4) is 22.3 Å². The minimum absolute atomic E-state index is 0.615. The molecule has 0 atom stereocenters. The van der Waals surface area contributed by atoms with Gasteiger partial charge in [0.05, 0.1) is 22.7 Å². The highest BCUT2D eigenvalue weighted by molar-refractivity contribution is 5.75. The van der Waals surface area contributed by atoms with E-state index < -0.39 is 0 Å². The lowest BCUT2D eigenvalue weighted by Gasteiger charge is -2.18. The first-order valence-electron chi connectivity index (χ1n) is 13.0. The molecule has 0 aromatic heterocycles. The van der Waals surface area contributed by atoms with Gasteiger partial charge < -0.3 is 0 Å². The largest absolute Gasteiger partial charge is 0.264 e. The van der Waals surface area contributed by atoms with Crippen LogP contribution in [0.1, 0.15) is 22.3 Å². The van der Waals surface area contributed by atoms with Gasteiger partial charge in [-0.3, -0.25) is 9.68 Å². The van der Waals surface area contributed by atoms with Crippen LogP contribution in [0.15, 0.2) is 109 Å². The Hall–Kier alpha value is -4.38. The predicted octanol–water partition coefficient (Wildman–Crippen LogP) is 8.80. The summed E-state index contributed by atoms with van der Waals surface area (Å²) in [4.78, 5) is 12.0. The lowest BCUT2D eigenvalue weighted by molar-refractivity contribution is 0.145. The maximum Gasteiger partial charge on any atom is 0.103 e. The zero-order valence-electron chi connectivity index (χ0n) is 21.5. The molecule has 186 valence electrons. The summed E-state index contributed by atoms with van der Waals surface area (Å²) in [5, 5.41) is 3.87. The van der Waals surface area contributed by atoms with Crippen LogP contribution in [0.3, 0.4) is 0 Å². The lowest BCUT2D eigenvalue weighted by atomic mass is 10.00. The molecule has 0 fully saturated rings. The highest BCUT2D eigenvalue weighted by Crippen LogP contribution is 2.39. The Balaban J connectivity index is 1.08. The second kappa shape index (κ2) is 9.18. The highest BCUT2D eigenvalue weighted by Gasteiger charge is 2.24. The van der Waals surface area contributed by atoms with Gasteiger partial charge in [-0.05, 0) is 83.6 Å². The quantitative estimate of drug-likeness (QED) is 0.248. The van der Waals surface area contributed by atoms with E-state index in [0.717, 1.165) is 22.7 Å². The SMILES string of the molecule is Cc1cccc2c1CON2c1ccc(-c2ccc(-c3ccc(N4OCc5c(C)cccc54)cc3)cc2)cc1. The average Bonchev–Trinajstić information content (AvgIpc) is 3.60. The van der Waals surface area contributed by atoms with E-state index in [-0.39, 0.29) is 0 Å². The van der Waals surface area contributed by atoms with E-state index in [0.29, 0.717) is 13.2 Å². The summed E-state index contributed by atoms with van der Waals surface area (Å²) in [6, 6.07) is 38.5. The number of hydrogen-bond acceptors (Lipinski definition) is 4. The first-order chi connectivity index (χ1) is 18.7. The molecular weight excluding hydrogens is 468 g/mol. The Morgan fingerprint density at radius 3 is 1.16 bits per heavy atom. The minimum atomic E-state index is 0.615. The van der Waals surface area contributed by atoms with E-state index in [2.05, 4.69) is 123 Å². The standard InChI is InChI=1S/C34H28N2O2/c1-23-5-3-7-33-31(23)21-37-35(33)29-17-13-27(14-18-29)25-9-11-26(12-10-25)28-15-19-30(20-16-28)36-34-8-4-6-24(2)32(34)22-38-36/h3-20H,21-22H2,1-2H3. The molecule has 2 aliphatic rings. The van der Waals surface area contributed by atoms with Crippen molar-refractivity contribution >= 4 is 22.7 Å². The minimum Gasteiger partial charge on any atom is -0.264 e. The molecule has 4 heteroatoms. The number of fused-ring (bicyclic) bond motifs is 2. The molecule has 0 unspecified atom stereocenters. The van der Waals surface area contributed by atoms with Crippen LogP contribution in [-0.4, -0.2) is 0 Å². The van der Waals surface area contributed by atoms with Crippen LogP contribution in [-0.2, 0) is 22.9 Å². The number of nitrogens with zero attached hydrogens (tertiary/aromatic N) is 2. The van der Waals surface area contributed by atoms with Gasteiger partial charge in [0.15, 0.2) is 0 Å². The van der Waals surface area contributed by atoms with Crippen molar-refractivity contribution in [1.82, 2.24) is 0 Å². The van der Waals surface area contributed by atoms with Gasteiger partial charge in [-0.2, -0.15) is 0 Å². The van der Waals surface area contributed by atoms with E-state index in [1.165, 1.54) is 44.5 Å². The third-order valence-electron chi connectivity index (χ3n) is 7.64. The fourth-order valence-electron chi connectivity index (χ4n) is 5.39. The molecule has 0 saturated heterocycles. The molecule has 0 bridgehead atoms. The Bertz CT molecular complexity index is 1500. The molecule has 5 aromatic rings. The highest BCUT2D eigenvalue weighted by atomic mass is 16.7. The monoisotopic (exact) mass is 496 g/mol. The van der Waals surface area contributed by atoms with Crippen LogP contribution in [0.25, 0.3) is 22.3 Å². The van der Waals surface area contributed by atoms with Crippen molar-refractivity contribution in [3.63, 3.8) is 0 Å². The van der Waals surface area contributed by atoms with Crippen LogP contribution >= 0.6 is 0 Å². The molecule has 5 aromatic carbocycles. The summed E-state index contributed by atoms with van der Waals surface area (Å²) in [7, 11) is 0. The van der Waals surface area contributed by atoms with Crippen molar-refractivity contribution in [2.75, 3.05) is 10.1 Å². The van der Waals surface area contributed by atoms with E-state index >= 15 is 0 Å². The summed E-state index contributed by atoms with van der Waals surface area (Å²) >= 11 is 0. The van der Waals surface area contributed by atoms with Gasteiger partial charge >= 0.3 is 0 Å². The molecule has 38 heavy (non-hydrogen) atoms. The maximum atomic E-state index is 5.99. The maximum absolute atomic E-state index is 5.99. The van der Waals surface area contributed by atoms with Crippen LogP contribution in [0.5, 0.6) is 0 Å². The fourth-order valence-corrected chi connectivity index (χ4v) is 5.39. The number of aryl methyl sites for hydroxylation is 2. The molecule has 4 nitrogen and oxygen atoms in total. The molecular formula is C34H28N2O2. The topological polar surface area (TPSA) is 24.9 Å². The van der Waals surface area contributed by atoms with Gasteiger partial charge in [0.2, 0.25) is 0 Å². The summed E-state index contributed by atoms with van der Waals surface area (Å²) in [6.07, 6.45) is 0. The molecule has 0 amide bonds. The Kier molecular flexibility index (Phi) is 5.50. The normalized spacial score (nSPS) is 14.1. The summed E-state index contributed by atoms with van der Waals surface area (Å²) in [6.45, 7) is 5.50. The van der Waals surface area contributed by atoms with Crippen LogP contribution < -0.4 is 10.1 Å². The second-order valence-corrected chi connectivity index (χ2v) is 9.95. The van der Waals surface area contributed by atoms with E-state index in [4.69, 9.17) is 9.68 Å². The lowest BCUT2D eigenvalue weighted by Crippen LogP contribution is -2.10. The number of benzene rings is 5. The second-order valence-electron chi connectivity index (χ2n) is 9.95. The Labute approximate surface area is 223 Å². The van der Waals surface area contributed by atoms with Crippen molar-refractivity contribution in [2.24, 2.45) is 0 Å². The van der Waals surface area contributed by atoms with Crippen molar-refractivity contribution in [3.05, 3.63) is 131 Å². The van der Waals surface area contributed by atoms with Crippen molar-refractivity contribution < 1.29 is 9.68 Å². The van der Waals surface area contributed by atoms with Gasteiger partial charge in [0.25, 0.3) is 0 Å². The summed E-state index contributed by atoms with van der Waals surface area (Å²) in [5.74, 6) is 0. The average molecular weight is 497 g/mol. The van der Waals surface area contributed by atoms with Gasteiger partial charge in [-0.25, -0.2) is 10.1 Å². The van der Waals surface area contributed by atoms with Gasteiger partial charge in [-0.15, -0.1) is 0 Å². The molecule has 0 radical (unpaired) electrons. The van der Waals surface area contributed by atoms with E-state index in [9.17, 15) is 0 Å². The molecule has 0 aliphatic carbocycles. The van der Waals surface area contributed by atoms with Crippen molar-refractivity contribution in [2.45, 2.75) is 27.1 Å². The number of hydrogen-bond donors (Lipinski definition) is 0. The smallest absolute Gasteiger partial charge is 0.103 e. The summed E-state index contributed by atoms with van der Waals surface area (Å²) in [5.41, 5.74) is 14.1. The molecule has 0 N–H and O–H groups in total. The predicted molar refractivity (Wildman–Crippen MR) is 154 cm³/mol. The number of anilines is 4. The molecule has 7 rings (SSSR count). The number of rotatable bonds is 4. The van der Waals surface area contributed by atoms with E-state index in [1.54, 1.807) is 0 Å². The van der Waals surface area contributed by atoms with Crippen LogP contribution in [0.4, 0.5) is 22.7 Å². The fraction of sp³-hybridized carbons (Fsp3) is 0.118. The van der Waals surface area contributed by atoms with Crippen LogP contribution in [0, 0.1) is 13.8 Å². The summed E-state index contributed by atoms with van der Waals surface area (Å²) < 4.78 is 0. The molecule has 0 spiro atoms. The van der Waals surface area contributed by atoms with Gasteiger partial charge in [-0.1, -0.05) is 72.8 Å². The first kappa shape index (κ1) is 22.8. The Morgan fingerprint density at radius 2 is 0.789 bits per heavy atom. The third-order valence-corrected chi connectivity index (χ3v) is 7.64. The first-order valence-corrected chi connectivity index (χ1v) is 13.0. The molecule has 0 saturated carbocycles. The third kappa shape index (κ3) is 3.86.